The lowest BCUT2D eigenvalue weighted by atomic mass is 10.0. The van der Waals surface area contributed by atoms with Gasteiger partial charge in [-0.3, -0.25) is 9.59 Å². The molecule has 35 heavy (non-hydrogen) atoms. The van der Waals surface area contributed by atoms with E-state index in [1.165, 1.54) is 18.2 Å². The maximum absolute atomic E-state index is 13.0. The van der Waals surface area contributed by atoms with Gasteiger partial charge in [0.1, 0.15) is 11.6 Å². The second kappa shape index (κ2) is 11.0. The van der Waals surface area contributed by atoms with E-state index >= 15 is 0 Å². The van der Waals surface area contributed by atoms with Crippen LogP contribution in [0.1, 0.15) is 63.9 Å². The summed E-state index contributed by atoms with van der Waals surface area (Å²) >= 11 is 0. The van der Waals surface area contributed by atoms with Crippen molar-refractivity contribution < 1.29 is 23.1 Å². The fourth-order valence-corrected chi connectivity index (χ4v) is 5.00. The third-order valence-corrected chi connectivity index (χ3v) is 7.19. The highest BCUT2D eigenvalue weighted by Crippen LogP contribution is 2.31. The van der Waals surface area contributed by atoms with E-state index in [2.05, 4.69) is 19.8 Å². The van der Waals surface area contributed by atoms with Crippen molar-refractivity contribution in [1.82, 2.24) is 24.3 Å². The molecule has 12 heteroatoms. The van der Waals surface area contributed by atoms with Crippen molar-refractivity contribution in [3.63, 3.8) is 0 Å². The molecule has 0 saturated heterocycles. The van der Waals surface area contributed by atoms with Gasteiger partial charge in [0.2, 0.25) is 10.0 Å². The molecule has 190 valence electrons. The Balaban J connectivity index is 2.12. The predicted octanol–water partition coefficient (Wildman–Crippen LogP) is 2.84. The summed E-state index contributed by atoms with van der Waals surface area (Å²) in [6.45, 7) is 7.94. The average Bonchev–Trinajstić information content (AvgIpc) is 3.14. The molecule has 0 aliphatic rings. The van der Waals surface area contributed by atoms with Crippen LogP contribution in [0.15, 0.2) is 27.9 Å². The molecule has 11 nitrogen and oxygen atoms in total. The molecule has 0 amide bonds. The van der Waals surface area contributed by atoms with Crippen LogP contribution in [0.4, 0.5) is 0 Å². The Kier molecular flexibility index (Phi) is 8.28. The number of benzene rings is 1. The molecule has 0 aliphatic heterocycles. The molecule has 0 saturated carbocycles. The second-order valence-corrected chi connectivity index (χ2v) is 9.88. The normalized spacial score (nSPS) is 11.9. The fourth-order valence-electron chi connectivity index (χ4n) is 3.90. The van der Waals surface area contributed by atoms with Crippen LogP contribution in [0.2, 0.25) is 0 Å². The molecule has 1 aromatic carbocycles. The van der Waals surface area contributed by atoms with E-state index in [4.69, 9.17) is 9.84 Å². The van der Waals surface area contributed by atoms with E-state index in [-0.39, 0.29) is 41.6 Å². The SMILES string of the molecule is CCOc1ccc(S(=O)(=O)NCCCC(=O)O)cc1-c1nn2c(C(CC)CC)nc(C)c2c(=O)[nH]1. The summed E-state index contributed by atoms with van der Waals surface area (Å²) in [6.07, 6.45) is 1.66. The van der Waals surface area contributed by atoms with E-state index < -0.39 is 16.0 Å². The molecule has 2 heterocycles. The average molecular weight is 506 g/mol. The molecule has 0 aliphatic carbocycles. The third-order valence-electron chi connectivity index (χ3n) is 5.73. The monoisotopic (exact) mass is 505 g/mol. The van der Waals surface area contributed by atoms with Crippen molar-refractivity contribution in [3.8, 4) is 17.1 Å². The summed E-state index contributed by atoms with van der Waals surface area (Å²) in [6, 6.07) is 4.28. The molecular formula is C23H31N5O6S. The van der Waals surface area contributed by atoms with E-state index in [0.29, 0.717) is 35.0 Å². The summed E-state index contributed by atoms with van der Waals surface area (Å²) in [5.74, 6) is 0.294. The Labute approximate surface area is 203 Å². The highest BCUT2D eigenvalue weighted by molar-refractivity contribution is 7.89. The fraction of sp³-hybridized carbons (Fsp3) is 0.478. The lowest BCUT2D eigenvalue weighted by molar-refractivity contribution is -0.137. The standard InChI is InChI=1S/C23H31N5O6S/c1-5-15(6-2)22-25-14(4)20-23(31)26-21(27-28(20)22)17-13-16(10-11-18(17)34-7-3)35(32,33)24-12-8-9-19(29)30/h10-11,13,15,24H,5-9,12H2,1-4H3,(H,29,30)(H,26,27,31). The van der Waals surface area contributed by atoms with Crippen molar-refractivity contribution in [3.05, 3.63) is 40.1 Å². The number of hydrogen-bond acceptors (Lipinski definition) is 7. The van der Waals surface area contributed by atoms with Gasteiger partial charge in [-0.2, -0.15) is 0 Å². The van der Waals surface area contributed by atoms with Gasteiger partial charge in [0.25, 0.3) is 5.56 Å². The lowest BCUT2D eigenvalue weighted by Crippen LogP contribution is -2.25. The zero-order valence-electron chi connectivity index (χ0n) is 20.3. The second-order valence-electron chi connectivity index (χ2n) is 8.12. The number of carboxylic acids is 1. The van der Waals surface area contributed by atoms with E-state index in [1.54, 1.807) is 18.4 Å². The zero-order chi connectivity index (χ0) is 25.8. The number of carboxylic acid groups (broad SMARTS) is 1. The van der Waals surface area contributed by atoms with Crippen molar-refractivity contribution in [2.75, 3.05) is 13.2 Å². The minimum absolute atomic E-state index is 0.0225. The van der Waals surface area contributed by atoms with Gasteiger partial charge in [-0.25, -0.2) is 22.6 Å². The predicted molar refractivity (Wildman–Crippen MR) is 130 cm³/mol. The van der Waals surface area contributed by atoms with Crippen LogP contribution >= 0.6 is 0 Å². The van der Waals surface area contributed by atoms with Gasteiger partial charge in [0, 0.05) is 18.9 Å². The molecule has 3 rings (SSSR count). The topological polar surface area (TPSA) is 156 Å². The van der Waals surface area contributed by atoms with Crippen molar-refractivity contribution in [2.24, 2.45) is 0 Å². The summed E-state index contributed by atoms with van der Waals surface area (Å²) in [4.78, 5) is 31.0. The number of carbonyl (C=O) groups is 1. The first-order chi connectivity index (χ1) is 16.6. The smallest absolute Gasteiger partial charge is 0.303 e. The summed E-state index contributed by atoms with van der Waals surface area (Å²) < 4.78 is 35.3. The van der Waals surface area contributed by atoms with Crippen LogP contribution in [0.5, 0.6) is 5.75 Å². The number of rotatable bonds is 12. The minimum atomic E-state index is -3.94. The van der Waals surface area contributed by atoms with Gasteiger partial charge in [-0.05, 0) is 51.3 Å². The molecule has 0 fully saturated rings. The molecule has 0 bridgehead atoms. The number of aliphatic carboxylic acids is 1. The molecule has 0 atom stereocenters. The van der Waals surface area contributed by atoms with E-state index in [9.17, 15) is 18.0 Å². The summed E-state index contributed by atoms with van der Waals surface area (Å²) in [7, 11) is -3.94. The van der Waals surface area contributed by atoms with Gasteiger partial charge in [-0.15, -0.1) is 5.10 Å². The number of imidazole rings is 1. The largest absolute Gasteiger partial charge is 0.493 e. The number of H-pyrrole nitrogens is 1. The molecule has 3 N–H and O–H groups in total. The van der Waals surface area contributed by atoms with Gasteiger partial charge in [-0.1, -0.05) is 13.8 Å². The quantitative estimate of drug-likeness (QED) is 0.317. The maximum atomic E-state index is 13.0. The van der Waals surface area contributed by atoms with Crippen LogP contribution < -0.4 is 15.0 Å². The first kappa shape index (κ1) is 26.4. The lowest BCUT2D eigenvalue weighted by Gasteiger charge is -2.14. The van der Waals surface area contributed by atoms with Crippen molar-refractivity contribution in [2.45, 2.75) is 64.2 Å². The number of aromatic nitrogens is 4. The first-order valence-electron chi connectivity index (χ1n) is 11.6. The third kappa shape index (κ3) is 5.70. The van der Waals surface area contributed by atoms with E-state index in [1.807, 2.05) is 13.8 Å². The Morgan fingerprint density at radius 1 is 1.26 bits per heavy atom. The van der Waals surface area contributed by atoms with Crippen LogP contribution in [0, 0.1) is 6.92 Å². The van der Waals surface area contributed by atoms with Crippen LogP contribution in [-0.2, 0) is 14.8 Å². The van der Waals surface area contributed by atoms with Crippen molar-refractivity contribution >= 4 is 21.5 Å². The van der Waals surface area contributed by atoms with Crippen LogP contribution in [-0.4, -0.2) is 52.2 Å². The molecule has 3 aromatic rings. The van der Waals surface area contributed by atoms with Crippen LogP contribution in [0.25, 0.3) is 16.9 Å². The number of aryl methyl sites for hydroxylation is 1. The van der Waals surface area contributed by atoms with Crippen LogP contribution in [0.3, 0.4) is 0 Å². The maximum Gasteiger partial charge on any atom is 0.303 e. The number of ether oxygens (including phenoxy) is 1. The highest BCUT2D eigenvalue weighted by Gasteiger charge is 2.23. The van der Waals surface area contributed by atoms with Gasteiger partial charge >= 0.3 is 5.97 Å². The summed E-state index contributed by atoms with van der Waals surface area (Å²) in [5.41, 5.74) is 0.831. The number of aromatic amines is 1. The van der Waals surface area contributed by atoms with Gasteiger partial charge in [0.15, 0.2) is 11.3 Å². The zero-order valence-corrected chi connectivity index (χ0v) is 21.1. The first-order valence-corrected chi connectivity index (χ1v) is 13.1. The van der Waals surface area contributed by atoms with Gasteiger partial charge < -0.3 is 14.8 Å². The molecule has 0 unspecified atom stereocenters. The number of nitrogens with zero attached hydrogens (tertiary/aromatic N) is 3. The summed E-state index contributed by atoms with van der Waals surface area (Å²) in [5, 5.41) is 13.4. The molecule has 0 radical (unpaired) electrons. The number of nitrogens with one attached hydrogen (secondary N) is 2. The molecule has 0 spiro atoms. The minimum Gasteiger partial charge on any atom is -0.493 e. The number of hydrogen-bond donors (Lipinski definition) is 3. The molecule has 2 aromatic heterocycles. The number of sulfonamides is 1. The number of fused-ring (bicyclic) bond motifs is 1. The van der Waals surface area contributed by atoms with Gasteiger partial charge in [0.05, 0.1) is 22.8 Å². The Bertz CT molecular complexity index is 1380. The molecular weight excluding hydrogens is 474 g/mol. The Morgan fingerprint density at radius 3 is 2.60 bits per heavy atom. The highest BCUT2D eigenvalue weighted by atomic mass is 32.2. The Hall–Kier alpha value is -3.25. The van der Waals surface area contributed by atoms with E-state index in [0.717, 1.165) is 12.8 Å². The Morgan fingerprint density at radius 2 is 1.97 bits per heavy atom. The van der Waals surface area contributed by atoms with Crippen molar-refractivity contribution in [1.29, 1.82) is 0 Å².